The van der Waals surface area contributed by atoms with Crippen molar-refractivity contribution in [1.82, 2.24) is 51.0 Å². The first-order valence-corrected chi connectivity index (χ1v) is 37.7. The number of carboxylic acids is 1. The minimum absolute atomic E-state index is 0.0302. The van der Waals surface area contributed by atoms with Crippen LogP contribution in [0.2, 0.25) is 0 Å². The second-order valence-electron chi connectivity index (χ2n) is 30.7. The molecule has 3 saturated heterocycles. The van der Waals surface area contributed by atoms with E-state index in [1.54, 1.807) is 19.2 Å². The number of aliphatic carboxylic acids is 1. The monoisotopic (exact) mass is 1670 g/mol. The lowest BCUT2D eigenvalue weighted by atomic mass is 9.77. The maximum absolute atomic E-state index is 16.8. The zero-order valence-corrected chi connectivity index (χ0v) is 65.8. The Morgan fingerprint density at radius 3 is 1.88 bits per heavy atom. The molecule has 2 bridgehead atoms. The highest BCUT2D eigenvalue weighted by Crippen LogP contribution is 2.47. The Labute approximate surface area is 659 Å². The molecule has 5 heterocycles. The van der Waals surface area contributed by atoms with E-state index in [1.807, 2.05) is 10.7 Å². The van der Waals surface area contributed by atoms with Crippen LogP contribution in [0.25, 0.3) is 11.3 Å². The number of halogens is 10. The number of phosphoric ester groups is 1. The number of rotatable bonds is 34. The molecule has 41 heteroatoms. The van der Waals surface area contributed by atoms with Crippen LogP contribution in [0.5, 0.6) is 5.75 Å². The largest absolute Gasteiger partial charge is 0.524 e. The number of Topliss-reactive ketones (excluding diaryl/α,β-unsaturated/α-hetero) is 1. The molecule has 634 valence electrons. The minimum Gasteiger partial charge on any atom is -0.481 e. The van der Waals surface area contributed by atoms with Crippen LogP contribution in [0, 0.1) is 47.1 Å². The number of benzene rings is 3. The van der Waals surface area contributed by atoms with E-state index < -0.39 is 200 Å². The zero-order valence-electron chi connectivity index (χ0n) is 64.9. The molecule has 2 unspecified atom stereocenters. The quantitative estimate of drug-likeness (QED) is 0.00383. The number of esters is 1. The number of phosphoric acid groups is 1. The van der Waals surface area contributed by atoms with Gasteiger partial charge in [-0.2, -0.15) is 40.2 Å². The number of ketones is 1. The van der Waals surface area contributed by atoms with Crippen molar-refractivity contribution in [1.29, 1.82) is 0 Å². The predicted octanol–water partition coefficient (Wildman–Crippen LogP) is 10.2. The van der Waals surface area contributed by atoms with Crippen LogP contribution in [0.4, 0.5) is 64.2 Å². The number of carbonyl (C=O) groups excluding carboxylic acids is 7. The van der Waals surface area contributed by atoms with Gasteiger partial charge in [0.2, 0.25) is 18.6 Å². The number of ether oxygens (including phenoxy) is 6. The van der Waals surface area contributed by atoms with Gasteiger partial charge in [-0.3, -0.25) is 44.1 Å². The van der Waals surface area contributed by atoms with Crippen molar-refractivity contribution >= 4 is 61.6 Å². The number of hydrogen-bond acceptors (Lipinski definition) is 22. The number of nitrogens with zero attached hydrogens (tertiary/aromatic N) is 7. The Morgan fingerprint density at radius 1 is 0.767 bits per heavy atom. The SMILES string of the molecule is COC(=O)N[C@H](C(=O)C[C@@H](Cc1ccc(C#Cc2cnc(N3CC4CCC(C3)N4C3COC3)nc2)cc1)[C@H](CN(Cc1c(F)cc(-c2ccn(C(F)F)n2)cc1F)NC(=O)[C@@H](NC(=O)OC)C(C)(C)C(F)(F)F)OC(=O)OCOC(=O)CC(C)(C)c1c(CC(=O)NC(C)(C)CCC(=O)O)cc(C)cc1OP(=O)(O)O)C(C)(C)C(F)(F)F. The summed E-state index contributed by atoms with van der Waals surface area (Å²) in [6.07, 6.45) is -16.0. The van der Waals surface area contributed by atoms with E-state index in [2.05, 4.69) is 51.5 Å². The Bertz CT molecular complexity index is 4470. The number of alkyl carbamates (subject to hydrolysis) is 2. The normalized spacial score (nSPS) is 16.7. The topological polar surface area (TPSA) is 380 Å². The Hall–Kier alpha value is -10.2. The molecule has 8 rings (SSSR count). The number of alkyl halides is 8. The molecule has 3 aromatic carbocycles. The van der Waals surface area contributed by atoms with Crippen molar-refractivity contribution in [2.75, 3.05) is 58.8 Å². The lowest BCUT2D eigenvalue weighted by Crippen LogP contribution is -2.62. The molecule has 30 nitrogen and oxygen atoms in total. The minimum atomic E-state index is -5.43. The van der Waals surface area contributed by atoms with Gasteiger partial charge < -0.3 is 58.9 Å². The number of hydrogen-bond donors (Lipinski definition) is 7. The Kier molecular flexibility index (Phi) is 29.4. The predicted molar refractivity (Wildman–Crippen MR) is 389 cm³/mol. The van der Waals surface area contributed by atoms with Crippen LogP contribution in [-0.2, 0) is 81.8 Å². The van der Waals surface area contributed by atoms with E-state index in [-0.39, 0.29) is 34.2 Å². The number of carbonyl (C=O) groups is 8. The van der Waals surface area contributed by atoms with Gasteiger partial charge in [0, 0.05) is 102 Å². The van der Waals surface area contributed by atoms with E-state index in [4.69, 9.17) is 23.5 Å². The molecule has 116 heavy (non-hydrogen) atoms. The standard InChI is InChI=1S/C75H90F10N11O19P/c1-41-24-47(30-58(98)90-71(4,5)22-20-59(99)100)61(56(25-41)115-116(106,107)108)70(2,3)31-60(101)112-40-113-69(105)114-57(37-94(92-64(102)63(89-68(104)110-11)73(8,9)75(83,84)85)36-51-52(76)27-45(28-53(51)77)54-21-23-95(91-54)65(78)79)46(29-55(97)62(88-67(103)109-10)72(6,7)74(80,81)82)26-43-15-12-42(13-16-43)14-17-44-32-86-66(87-33-44)93-34-48-18-19-49(35-93)96(48)50-38-111-39-50/h12-13,15-16,21,23-25,27-28,32-33,46,48-50,57,62-63,65H,18-20,22,26,29-31,34-40H2,1-11H3,(H,88,103)(H,89,104)(H,90,98)(H,92,102)(H,99,100)(H2,106,107,108)/t46-,48?,49?,57+,62-,63-/m1/s1. The van der Waals surface area contributed by atoms with Crippen molar-refractivity contribution in [3.05, 3.63) is 124 Å². The molecule has 6 atom stereocenters. The molecule has 0 radical (unpaired) electrons. The highest BCUT2D eigenvalue weighted by atomic mass is 31.2. The van der Waals surface area contributed by atoms with E-state index >= 15 is 39.9 Å². The molecule has 0 spiro atoms. The van der Waals surface area contributed by atoms with Gasteiger partial charge in [-0.1, -0.05) is 43.9 Å². The molecule has 5 aromatic rings. The van der Waals surface area contributed by atoms with Crippen LogP contribution in [0.3, 0.4) is 0 Å². The van der Waals surface area contributed by atoms with Crippen molar-refractivity contribution in [2.45, 2.75) is 186 Å². The molecule has 3 aliphatic heterocycles. The number of aryl methyl sites for hydroxylation is 1. The molecular formula is C75H90F10N11O19P. The summed E-state index contributed by atoms with van der Waals surface area (Å²) in [5, 5.41) is 19.7. The van der Waals surface area contributed by atoms with Gasteiger partial charge in [-0.05, 0) is 127 Å². The Balaban J connectivity index is 1.19. The number of nitrogens with one attached hydrogen (secondary N) is 4. The number of carboxylic acid groups (broad SMARTS) is 1. The summed E-state index contributed by atoms with van der Waals surface area (Å²) >= 11 is 0. The summed E-state index contributed by atoms with van der Waals surface area (Å²) in [6, 6.07) is 6.01. The summed E-state index contributed by atoms with van der Waals surface area (Å²) in [7, 11) is -3.95. The fraction of sp³-hybridized carbons (Fsp3) is 0.533. The van der Waals surface area contributed by atoms with Gasteiger partial charge in [0.05, 0.1) is 74.9 Å². The summed E-state index contributed by atoms with van der Waals surface area (Å²) in [5.74, 6) is -5.63. The van der Waals surface area contributed by atoms with Crippen LogP contribution >= 0.6 is 7.82 Å². The summed E-state index contributed by atoms with van der Waals surface area (Å²) < 4.78 is 200. The zero-order chi connectivity index (χ0) is 86.0. The molecule has 3 aliphatic rings. The second-order valence-corrected chi connectivity index (χ2v) is 31.9. The average molecular weight is 1670 g/mol. The lowest BCUT2D eigenvalue weighted by molar-refractivity contribution is -0.221. The molecule has 2 aromatic heterocycles. The number of amides is 4. The second kappa shape index (κ2) is 37.4. The highest BCUT2D eigenvalue weighted by Gasteiger charge is 2.58. The van der Waals surface area contributed by atoms with Crippen molar-refractivity contribution in [3.8, 4) is 28.8 Å². The van der Waals surface area contributed by atoms with Crippen LogP contribution in [0.15, 0.2) is 73.2 Å². The molecule has 3 fully saturated rings. The highest BCUT2D eigenvalue weighted by molar-refractivity contribution is 7.46. The maximum Gasteiger partial charge on any atom is 0.524 e. The molecular weight excluding hydrogens is 1580 g/mol. The van der Waals surface area contributed by atoms with Crippen LogP contribution < -0.4 is 30.8 Å². The van der Waals surface area contributed by atoms with Crippen molar-refractivity contribution in [3.63, 3.8) is 0 Å². The van der Waals surface area contributed by atoms with Crippen LogP contribution in [-0.4, -0.2) is 200 Å². The third kappa shape index (κ3) is 24.0. The number of anilines is 1. The van der Waals surface area contributed by atoms with Crippen molar-refractivity contribution < 1.29 is 135 Å². The van der Waals surface area contributed by atoms with E-state index in [0.29, 0.717) is 112 Å². The summed E-state index contributed by atoms with van der Waals surface area (Å²) in [4.78, 5) is 143. The average Bonchev–Trinajstić information content (AvgIpc) is 1.39. The van der Waals surface area contributed by atoms with Crippen LogP contribution in [0.1, 0.15) is 139 Å². The first-order chi connectivity index (χ1) is 54.0. The fourth-order valence-corrected chi connectivity index (χ4v) is 14.2. The third-order valence-electron chi connectivity index (χ3n) is 20.2. The Morgan fingerprint density at radius 2 is 1.34 bits per heavy atom. The van der Waals surface area contributed by atoms with Gasteiger partial charge in [0.25, 0.3) is 5.91 Å². The van der Waals surface area contributed by atoms with Crippen molar-refractivity contribution in [2.24, 2.45) is 16.7 Å². The van der Waals surface area contributed by atoms with E-state index in [9.17, 15) is 61.8 Å². The third-order valence-corrected chi connectivity index (χ3v) is 20.6. The number of fused-ring (bicyclic) bond motifs is 2. The molecule has 0 saturated carbocycles. The number of aromatic nitrogens is 4. The summed E-state index contributed by atoms with van der Waals surface area (Å²) in [6.45, 7) is 4.64. The summed E-state index contributed by atoms with van der Waals surface area (Å²) in [5.41, 5.74) is -8.25. The smallest absolute Gasteiger partial charge is 0.481 e. The number of piperazine rings is 1. The lowest BCUT2D eigenvalue weighted by Gasteiger charge is -2.47. The maximum atomic E-state index is 16.8. The molecule has 0 aliphatic carbocycles. The van der Waals surface area contributed by atoms with E-state index in [0.717, 1.165) is 39.3 Å². The van der Waals surface area contributed by atoms with E-state index in [1.165, 1.54) is 69.6 Å². The first-order valence-electron chi connectivity index (χ1n) is 36.1. The van der Waals surface area contributed by atoms with Gasteiger partial charge in [0.1, 0.15) is 35.6 Å². The number of hydrazine groups is 1. The van der Waals surface area contributed by atoms with Gasteiger partial charge >= 0.3 is 57.0 Å². The van der Waals surface area contributed by atoms with Gasteiger partial charge in [-0.25, -0.2) is 47.4 Å². The van der Waals surface area contributed by atoms with Gasteiger partial charge in [0.15, 0.2) is 5.78 Å². The van der Waals surface area contributed by atoms with Gasteiger partial charge in [-0.15, -0.1) is 0 Å². The molecule has 4 amide bonds. The molecule has 7 N–H and O–H groups in total. The fourth-order valence-electron chi connectivity index (χ4n) is 13.8. The first kappa shape index (κ1) is 91.3. The number of methoxy groups -OCH3 is 2.